The van der Waals surface area contributed by atoms with Crippen LogP contribution < -0.4 is 15.5 Å². The van der Waals surface area contributed by atoms with Gasteiger partial charge in [0.05, 0.1) is 21.8 Å². The number of hydrazone groups is 1. The highest BCUT2D eigenvalue weighted by Gasteiger charge is 2.16. The number of hydrogen-bond acceptors (Lipinski definition) is 6. The predicted octanol–water partition coefficient (Wildman–Crippen LogP) is 6.13. The number of carbonyl (C=O) groups is 1. The molecule has 6 nitrogen and oxygen atoms in total. The molecule has 0 aliphatic heterocycles. The molecular formula is C21H23BrN4O2S. The molecule has 2 N–H and O–H groups in total. The van der Waals surface area contributed by atoms with Crippen LogP contribution in [0.4, 0.5) is 10.8 Å². The van der Waals surface area contributed by atoms with Crippen LogP contribution in [0.15, 0.2) is 33.8 Å². The second-order valence-electron chi connectivity index (χ2n) is 6.68. The minimum Gasteiger partial charge on any atom is -0.496 e. The topological polar surface area (TPSA) is 75.6 Å². The van der Waals surface area contributed by atoms with E-state index < -0.39 is 0 Å². The smallest absolute Gasteiger partial charge is 0.255 e. The van der Waals surface area contributed by atoms with Crippen LogP contribution >= 0.6 is 27.3 Å². The van der Waals surface area contributed by atoms with E-state index in [4.69, 9.17) is 4.74 Å². The second kappa shape index (κ2) is 8.92. The van der Waals surface area contributed by atoms with Gasteiger partial charge in [0.2, 0.25) is 5.13 Å². The van der Waals surface area contributed by atoms with Crippen LogP contribution in [0.3, 0.4) is 0 Å². The molecule has 8 heteroatoms. The van der Waals surface area contributed by atoms with E-state index in [1.165, 1.54) is 11.3 Å². The van der Waals surface area contributed by atoms with Gasteiger partial charge in [-0.1, -0.05) is 18.3 Å². The molecule has 152 valence electrons. The van der Waals surface area contributed by atoms with E-state index in [9.17, 15) is 4.79 Å². The van der Waals surface area contributed by atoms with Crippen molar-refractivity contribution in [3.63, 3.8) is 0 Å². The Kier molecular flexibility index (Phi) is 6.54. The number of hydrogen-bond donors (Lipinski definition) is 2. The molecule has 0 fully saturated rings. The zero-order chi connectivity index (χ0) is 21.1. The van der Waals surface area contributed by atoms with Gasteiger partial charge < -0.3 is 10.1 Å². The number of aromatic nitrogens is 1. The molecular weight excluding hydrogens is 452 g/mol. The van der Waals surface area contributed by atoms with Crippen LogP contribution in [-0.4, -0.2) is 23.7 Å². The maximum Gasteiger partial charge on any atom is 0.255 e. The number of aryl methyl sites for hydroxylation is 2. The lowest BCUT2D eigenvalue weighted by Crippen LogP contribution is -2.14. The number of carbonyl (C=O) groups excluding carboxylic acids is 1. The Balaban J connectivity index is 1.91. The maximum absolute atomic E-state index is 12.8. The van der Waals surface area contributed by atoms with E-state index in [2.05, 4.69) is 43.7 Å². The number of halogens is 1. The Bertz CT molecular complexity index is 1110. The van der Waals surface area contributed by atoms with Crippen molar-refractivity contribution < 1.29 is 9.53 Å². The molecule has 0 unspecified atom stereocenters. The standard InChI is InChI=1S/C21H23BrN4O2S/c1-6-12(3)25-26-21-23-16-9-11(2)18(13(4)19(16)29-21)24-20(27)14-7-8-17(28-5)15(22)10-14/h7-10H,6H2,1-5H3,(H,23,26)(H,24,27)/b25-12+. The third kappa shape index (κ3) is 4.59. The zero-order valence-corrected chi connectivity index (χ0v) is 19.4. The van der Waals surface area contributed by atoms with Crippen LogP contribution in [-0.2, 0) is 0 Å². The summed E-state index contributed by atoms with van der Waals surface area (Å²) in [5, 5.41) is 8.11. The van der Waals surface area contributed by atoms with Gasteiger partial charge in [0.25, 0.3) is 5.91 Å². The number of thiazole rings is 1. The number of rotatable bonds is 6. The predicted molar refractivity (Wildman–Crippen MR) is 125 cm³/mol. The molecule has 0 spiro atoms. The molecule has 29 heavy (non-hydrogen) atoms. The average molecular weight is 475 g/mol. The van der Waals surface area contributed by atoms with Gasteiger partial charge in [-0.2, -0.15) is 5.10 Å². The maximum atomic E-state index is 12.8. The Hall–Kier alpha value is -2.45. The number of nitrogens with one attached hydrogen (secondary N) is 2. The number of benzene rings is 2. The van der Waals surface area contributed by atoms with Gasteiger partial charge in [-0.15, -0.1) is 0 Å². The van der Waals surface area contributed by atoms with Crippen molar-refractivity contribution in [1.82, 2.24) is 4.98 Å². The van der Waals surface area contributed by atoms with E-state index in [0.717, 1.165) is 48.8 Å². The van der Waals surface area contributed by atoms with Gasteiger partial charge in [0.15, 0.2) is 0 Å². The quantitative estimate of drug-likeness (QED) is 0.332. The number of amides is 1. The third-order valence-corrected chi connectivity index (χ3v) is 6.34. The average Bonchev–Trinajstić information content (AvgIpc) is 3.11. The summed E-state index contributed by atoms with van der Waals surface area (Å²) in [5.41, 5.74) is 8.23. The molecule has 0 aliphatic carbocycles. The van der Waals surface area contributed by atoms with E-state index in [0.29, 0.717) is 11.3 Å². The third-order valence-electron chi connectivity index (χ3n) is 4.62. The van der Waals surface area contributed by atoms with Crippen molar-refractivity contribution in [2.75, 3.05) is 17.9 Å². The van der Waals surface area contributed by atoms with Gasteiger partial charge in [-0.25, -0.2) is 4.98 Å². The summed E-state index contributed by atoms with van der Waals surface area (Å²) in [6, 6.07) is 7.24. The highest BCUT2D eigenvalue weighted by molar-refractivity contribution is 9.10. The summed E-state index contributed by atoms with van der Waals surface area (Å²) in [7, 11) is 1.59. The Morgan fingerprint density at radius 2 is 2.07 bits per heavy atom. The number of ether oxygens (including phenoxy) is 1. The lowest BCUT2D eigenvalue weighted by atomic mass is 10.1. The SMILES string of the molecule is CC/C(C)=N/Nc1nc2cc(C)c(NC(=O)c3ccc(OC)c(Br)c3)c(C)c2s1. The molecule has 0 radical (unpaired) electrons. The first-order valence-electron chi connectivity index (χ1n) is 9.18. The van der Waals surface area contributed by atoms with Crippen LogP contribution in [0.25, 0.3) is 10.2 Å². The van der Waals surface area contributed by atoms with Crippen LogP contribution in [0, 0.1) is 13.8 Å². The van der Waals surface area contributed by atoms with Crippen LogP contribution in [0.2, 0.25) is 0 Å². The van der Waals surface area contributed by atoms with E-state index in [-0.39, 0.29) is 5.91 Å². The summed E-state index contributed by atoms with van der Waals surface area (Å²) >= 11 is 4.95. The minimum absolute atomic E-state index is 0.176. The van der Waals surface area contributed by atoms with Crippen LogP contribution in [0.5, 0.6) is 5.75 Å². The Morgan fingerprint density at radius 3 is 2.72 bits per heavy atom. The van der Waals surface area contributed by atoms with Gasteiger partial charge in [0, 0.05) is 17.0 Å². The zero-order valence-electron chi connectivity index (χ0n) is 17.0. The number of fused-ring (bicyclic) bond motifs is 1. The van der Waals surface area contributed by atoms with Crippen molar-refractivity contribution in [3.05, 3.63) is 45.4 Å². The first-order valence-corrected chi connectivity index (χ1v) is 10.8. The molecule has 0 saturated carbocycles. The fourth-order valence-corrected chi connectivity index (χ4v) is 4.27. The fourth-order valence-electron chi connectivity index (χ4n) is 2.84. The molecule has 3 aromatic rings. The van der Waals surface area contributed by atoms with Gasteiger partial charge in [0.1, 0.15) is 5.75 Å². The number of nitrogens with zero attached hydrogens (tertiary/aromatic N) is 2. The van der Waals surface area contributed by atoms with Crippen molar-refractivity contribution in [1.29, 1.82) is 0 Å². The lowest BCUT2D eigenvalue weighted by molar-refractivity contribution is 0.102. The fraction of sp³-hybridized carbons (Fsp3) is 0.286. The molecule has 3 rings (SSSR count). The van der Waals surface area contributed by atoms with E-state index in [1.54, 1.807) is 25.3 Å². The van der Waals surface area contributed by atoms with Gasteiger partial charge in [-0.05, 0) is 78.5 Å². The molecule has 0 bridgehead atoms. The van der Waals surface area contributed by atoms with Gasteiger partial charge in [-0.3, -0.25) is 10.2 Å². The lowest BCUT2D eigenvalue weighted by Gasteiger charge is -2.13. The number of anilines is 2. The summed E-state index contributed by atoms with van der Waals surface area (Å²) in [6.07, 6.45) is 0.883. The van der Waals surface area contributed by atoms with Gasteiger partial charge >= 0.3 is 0 Å². The molecule has 0 saturated heterocycles. The molecule has 0 aliphatic rings. The molecule has 1 aromatic heterocycles. The summed E-state index contributed by atoms with van der Waals surface area (Å²) in [6.45, 7) is 8.00. The monoisotopic (exact) mass is 474 g/mol. The highest BCUT2D eigenvalue weighted by Crippen LogP contribution is 2.35. The second-order valence-corrected chi connectivity index (χ2v) is 8.53. The largest absolute Gasteiger partial charge is 0.496 e. The van der Waals surface area contributed by atoms with Crippen molar-refractivity contribution in [3.8, 4) is 5.75 Å². The first kappa shape index (κ1) is 21.3. The summed E-state index contributed by atoms with van der Waals surface area (Å²) in [5.74, 6) is 0.505. The van der Waals surface area contributed by atoms with Crippen molar-refractivity contribution >= 4 is 59.9 Å². The van der Waals surface area contributed by atoms with E-state index >= 15 is 0 Å². The molecule has 2 aromatic carbocycles. The van der Waals surface area contributed by atoms with Crippen molar-refractivity contribution in [2.45, 2.75) is 34.1 Å². The molecule has 0 atom stereocenters. The van der Waals surface area contributed by atoms with E-state index in [1.807, 2.05) is 26.8 Å². The minimum atomic E-state index is -0.176. The highest BCUT2D eigenvalue weighted by atomic mass is 79.9. The normalized spacial score (nSPS) is 11.6. The first-order chi connectivity index (χ1) is 13.8. The Labute approximate surface area is 182 Å². The van der Waals surface area contributed by atoms with Crippen LogP contribution in [0.1, 0.15) is 41.8 Å². The summed E-state index contributed by atoms with van der Waals surface area (Å²) in [4.78, 5) is 17.4. The van der Waals surface area contributed by atoms with Crippen molar-refractivity contribution in [2.24, 2.45) is 5.10 Å². The Morgan fingerprint density at radius 1 is 1.31 bits per heavy atom. The number of methoxy groups -OCH3 is 1. The molecule has 1 amide bonds. The summed E-state index contributed by atoms with van der Waals surface area (Å²) < 4.78 is 6.99. The molecule has 1 heterocycles.